The summed E-state index contributed by atoms with van der Waals surface area (Å²) in [6, 6.07) is 69.1. The molecule has 0 bridgehead atoms. The quantitative estimate of drug-likeness (QED) is 0.130. The smallest absolute Gasteiger partial charge is 0.201 e. The van der Waals surface area contributed by atoms with Gasteiger partial charge in [-0.05, 0) is 64.1 Å². The molecular weight excluding hydrogens is 661 g/mol. The Morgan fingerprint density at radius 1 is 0.434 bits per heavy atom. The summed E-state index contributed by atoms with van der Waals surface area (Å²) in [5.41, 5.74) is 6.96. The van der Waals surface area contributed by atoms with Crippen LogP contribution < -0.4 is 20.9 Å². The summed E-state index contributed by atoms with van der Waals surface area (Å²) in [7, 11) is -3.06. The highest BCUT2D eigenvalue weighted by Gasteiger charge is 2.43. The Labute approximate surface area is 308 Å². The standard InChI is InChI=1S/C48H32N4Si/c49-32-34-31-38(28-29-43(34)52-46-25-13-9-21-41(46)42-22-10-14-26-47(42)52)53(36-15-3-1-4-16-36,37-17-5-2-6-18-37)48-30-27-35(33-50-48)51-44-23-11-7-19-39(44)40-20-8-12-24-45(40)51/h1-31,33H. The molecule has 0 aliphatic carbocycles. The van der Waals surface area contributed by atoms with Gasteiger partial charge in [0.1, 0.15) is 6.07 Å². The van der Waals surface area contributed by atoms with E-state index in [1.54, 1.807) is 0 Å². The second-order valence-electron chi connectivity index (χ2n) is 13.5. The number of para-hydroxylation sites is 4. The average molecular weight is 693 g/mol. The van der Waals surface area contributed by atoms with Crippen LogP contribution in [0.15, 0.2) is 194 Å². The van der Waals surface area contributed by atoms with Crippen molar-refractivity contribution in [3.63, 3.8) is 0 Å². The molecule has 0 unspecified atom stereocenters. The maximum Gasteiger partial charge on any atom is 0.201 e. The minimum absolute atomic E-state index is 0.625. The molecule has 4 nitrogen and oxygen atoms in total. The molecule has 0 saturated heterocycles. The van der Waals surface area contributed by atoms with Crippen molar-refractivity contribution in [1.82, 2.24) is 14.1 Å². The Kier molecular flexibility index (Phi) is 7.17. The predicted molar refractivity (Wildman–Crippen MR) is 221 cm³/mol. The van der Waals surface area contributed by atoms with Gasteiger partial charge in [0.2, 0.25) is 8.07 Å². The number of nitriles is 1. The molecule has 248 valence electrons. The normalized spacial score (nSPS) is 11.8. The molecule has 10 aromatic rings. The van der Waals surface area contributed by atoms with E-state index in [1.807, 2.05) is 6.20 Å². The first-order chi connectivity index (χ1) is 26.3. The van der Waals surface area contributed by atoms with Crippen LogP contribution in [0.5, 0.6) is 0 Å². The fraction of sp³-hybridized carbons (Fsp3) is 0. The van der Waals surface area contributed by atoms with Gasteiger partial charge in [0.15, 0.2) is 0 Å². The number of fused-ring (bicyclic) bond motifs is 6. The SMILES string of the molecule is N#Cc1cc([Si](c2ccccc2)(c2ccccc2)c2ccc(-n3c4ccccc4c4ccccc43)cn2)ccc1-n1c2ccccc2c2ccccc21. The van der Waals surface area contributed by atoms with Crippen molar-refractivity contribution < 1.29 is 0 Å². The Balaban J connectivity index is 1.22. The number of benzene rings is 7. The Hall–Kier alpha value is -7.00. The third kappa shape index (κ3) is 4.63. The van der Waals surface area contributed by atoms with E-state index in [1.165, 1.54) is 31.9 Å². The maximum absolute atomic E-state index is 10.9. The fourth-order valence-corrected chi connectivity index (χ4v) is 13.1. The van der Waals surface area contributed by atoms with Crippen molar-refractivity contribution >= 4 is 72.6 Å². The zero-order valence-corrected chi connectivity index (χ0v) is 29.8. The van der Waals surface area contributed by atoms with E-state index in [4.69, 9.17) is 4.98 Å². The molecule has 0 atom stereocenters. The average Bonchev–Trinajstić information content (AvgIpc) is 3.75. The lowest BCUT2D eigenvalue weighted by atomic mass is 10.2. The van der Waals surface area contributed by atoms with Crippen LogP contribution in [0.2, 0.25) is 0 Å². The molecule has 0 aliphatic heterocycles. The van der Waals surface area contributed by atoms with E-state index >= 15 is 0 Å². The molecule has 3 heterocycles. The van der Waals surface area contributed by atoms with Gasteiger partial charge in [-0.1, -0.05) is 140 Å². The van der Waals surface area contributed by atoms with Crippen molar-refractivity contribution in [2.75, 3.05) is 0 Å². The number of hydrogen-bond acceptors (Lipinski definition) is 2. The van der Waals surface area contributed by atoms with Crippen molar-refractivity contribution in [2.45, 2.75) is 0 Å². The molecule has 0 radical (unpaired) electrons. The summed E-state index contributed by atoms with van der Waals surface area (Å²) in [6.07, 6.45) is 2.03. The van der Waals surface area contributed by atoms with E-state index < -0.39 is 8.07 Å². The first-order valence-electron chi connectivity index (χ1n) is 17.9. The van der Waals surface area contributed by atoms with Gasteiger partial charge in [-0.2, -0.15) is 5.26 Å². The maximum atomic E-state index is 10.9. The molecule has 0 spiro atoms. The van der Waals surface area contributed by atoms with Gasteiger partial charge in [-0.15, -0.1) is 0 Å². The van der Waals surface area contributed by atoms with Gasteiger partial charge < -0.3 is 9.13 Å². The second-order valence-corrected chi connectivity index (χ2v) is 17.2. The Morgan fingerprint density at radius 2 is 0.887 bits per heavy atom. The monoisotopic (exact) mass is 692 g/mol. The Morgan fingerprint density at radius 3 is 1.34 bits per heavy atom. The minimum Gasteiger partial charge on any atom is -0.308 e. The third-order valence-electron chi connectivity index (χ3n) is 10.8. The van der Waals surface area contributed by atoms with Crippen LogP contribution in [0.4, 0.5) is 0 Å². The van der Waals surface area contributed by atoms with E-state index in [-0.39, 0.29) is 0 Å². The molecule has 3 aromatic heterocycles. The molecule has 7 aromatic carbocycles. The molecule has 0 fully saturated rings. The second kappa shape index (κ2) is 12.3. The lowest BCUT2D eigenvalue weighted by molar-refractivity contribution is 1.15. The largest absolute Gasteiger partial charge is 0.308 e. The van der Waals surface area contributed by atoms with Gasteiger partial charge in [0, 0.05) is 26.9 Å². The van der Waals surface area contributed by atoms with Crippen LogP contribution in [0, 0.1) is 11.3 Å². The first kappa shape index (κ1) is 30.8. The third-order valence-corrected chi connectivity index (χ3v) is 15.4. The zero-order valence-electron chi connectivity index (χ0n) is 28.8. The highest BCUT2D eigenvalue weighted by Crippen LogP contribution is 2.34. The fourth-order valence-electron chi connectivity index (χ4n) is 8.50. The van der Waals surface area contributed by atoms with Crippen molar-refractivity contribution in [1.29, 1.82) is 5.26 Å². The summed E-state index contributed by atoms with van der Waals surface area (Å²) in [5.74, 6) is 0. The lowest BCUT2D eigenvalue weighted by Crippen LogP contribution is -2.75. The lowest BCUT2D eigenvalue weighted by Gasteiger charge is -2.33. The van der Waals surface area contributed by atoms with Crippen LogP contribution >= 0.6 is 0 Å². The molecule has 5 heteroatoms. The van der Waals surface area contributed by atoms with Crippen molar-refractivity contribution in [3.05, 3.63) is 200 Å². The summed E-state index contributed by atoms with van der Waals surface area (Å²) in [6.45, 7) is 0. The number of hydrogen-bond donors (Lipinski definition) is 0. The van der Waals surface area contributed by atoms with Gasteiger partial charge in [0.25, 0.3) is 0 Å². The van der Waals surface area contributed by atoms with Gasteiger partial charge in [-0.3, -0.25) is 4.98 Å². The molecular formula is C48H32N4Si. The molecule has 0 aliphatic rings. The van der Waals surface area contributed by atoms with Gasteiger partial charge >= 0.3 is 0 Å². The molecule has 0 saturated carbocycles. The van der Waals surface area contributed by atoms with Gasteiger partial charge in [0.05, 0.1) is 45.2 Å². The summed E-state index contributed by atoms with van der Waals surface area (Å²) in [4.78, 5) is 5.41. The van der Waals surface area contributed by atoms with Crippen molar-refractivity contribution in [3.8, 4) is 17.4 Å². The van der Waals surface area contributed by atoms with Crippen LogP contribution in [0.25, 0.3) is 55.0 Å². The Bertz CT molecular complexity index is 2860. The van der Waals surface area contributed by atoms with Crippen LogP contribution in [0.3, 0.4) is 0 Å². The first-order valence-corrected chi connectivity index (χ1v) is 19.9. The molecule has 0 amide bonds. The highest BCUT2D eigenvalue weighted by atomic mass is 28.3. The number of pyridine rings is 1. The molecule has 10 rings (SSSR count). The summed E-state index contributed by atoms with van der Waals surface area (Å²) in [5, 5.41) is 20.2. The summed E-state index contributed by atoms with van der Waals surface area (Å²) < 4.78 is 4.55. The van der Waals surface area contributed by atoms with E-state index in [0.717, 1.165) is 43.9 Å². The number of rotatable bonds is 6. The number of nitrogens with zero attached hydrogens (tertiary/aromatic N) is 4. The zero-order chi connectivity index (χ0) is 35.4. The van der Waals surface area contributed by atoms with E-state index in [2.05, 4.69) is 203 Å². The van der Waals surface area contributed by atoms with E-state index in [0.29, 0.717) is 5.56 Å². The van der Waals surface area contributed by atoms with E-state index in [9.17, 15) is 5.26 Å². The number of aromatic nitrogens is 3. The highest BCUT2D eigenvalue weighted by molar-refractivity contribution is 7.19. The minimum atomic E-state index is -3.06. The topological polar surface area (TPSA) is 46.5 Å². The molecule has 53 heavy (non-hydrogen) atoms. The predicted octanol–water partition coefficient (Wildman–Crippen LogP) is 8.52. The van der Waals surface area contributed by atoms with Crippen LogP contribution in [-0.2, 0) is 0 Å². The molecule has 0 N–H and O–H groups in total. The van der Waals surface area contributed by atoms with Crippen molar-refractivity contribution in [2.24, 2.45) is 0 Å². The van der Waals surface area contributed by atoms with Gasteiger partial charge in [-0.25, -0.2) is 0 Å². The van der Waals surface area contributed by atoms with Crippen LogP contribution in [0.1, 0.15) is 5.56 Å². The van der Waals surface area contributed by atoms with Crippen LogP contribution in [-0.4, -0.2) is 22.2 Å². The summed E-state index contributed by atoms with van der Waals surface area (Å²) >= 11 is 0.